The van der Waals surface area contributed by atoms with Gasteiger partial charge in [0.2, 0.25) is 11.8 Å². The van der Waals surface area contributed by atoms with Crippen LogP contribution < -0.4 is 9.64 Å². The van der Waals surface area contributed by atoms with Crippen molar-refractivity contribution in [1.29, 1.82) is 0 Å². The Balaban J connectivity index is 0.930. The van der Waals surface area contributed by atoms with E-state index in [-0.39, 0.29) is 73.1 Å². The number of carbonyl (C=O) groups excluding carboxylic acids is 4. The van der Waals surface area contributed by atoms with Crippen LogP contribution >= 0.6 is 0 Å². The Morgan fingerprint density at radius 2 is 1.08 bits per heavy atom. The van der Waals surface area contributed by atoms with Crippen molar-refractivity contribution in [3.63, 3.8) is 0 Å². The number of rotatable bonds is 7. The Morgan fingerprint density at radius 3 is 1.66 bits per heavy atom. The first-order valence-corrected chi connectivity index (χ1v) is 18.9. The van der Waals surface area contributed by atoms with E-state index in [1.807, 2.05) is 31.2 Å². The maximum atomic E-state index is 15.2. The number of halogens is 3. The standard InChI is InChI=1S/C47H29F3N4O7/c1-24-6-4-7-25(18-24)40-51-36-20-27(10-16-38(36)60-40)46(2,47(48,49)50)28-11-17-39-37(21-28)52-41(61-39)26-8-5-9-29(19-26)54-44(57)33-15-13-31(23-35(33)45(54)58)59-30-12-14-32-34(22-30)43(56)53(3)42(32)55/h4-23H,1-3H3. The number of fused-ring (bicyclic) bond motifs is 4. The molecule has 0 aliphatic carbocycles. The molecule has 4 amide bonds. The first-order valence-electron chi connectivity index (χ1n) is 18.9. The molecule has 2 aliphatic heterocycles. The third-order valence-corrected chi connectivity index (χ3v) is 11.3. The molecule has 10 rings (SSSR count). The van der Waals surface area contributed by atoms with Gasteiger partial charge in [0.25, 0.3) is 23.6 Å². The molecule has 1 atom stereocenters. The number of aromatic nitrogens is 2. The van der Waals surface area contributed by atoms with Gasteiger partial charge in [-0.15, -0.1) is 0 Å². The molecule has 2 aliphatic rings. The molecule has 61 heavy (non-hydrogen) atoms. The van der Waals surface area contributed by atoms with Gasteiger partial charge in [0.1, 0.15) is 27.9 Å². The van der Waals surface area contributed by atoms with E-state index in [9.17, 15) is 19.2 Å². The van der Waals surface area contributed by atoms with Crippen molar-refractivity contribution < 1.29 is 45.9 Å². The number of hydrogen-bond donors (Lipinski definition) is 0. The molecule has 4 heterocycles. The fraction of sp³-hybridized carbons (Fsp3) is 0.106. The zero-order valence-electron chi connectivity index (χ0n) is 32.3. The fourth-order valence-electron chi connectivity index (χ4n) is 7.83. The van der Waals surface area contributed by atoms with Crippen molar-refractivity contribution in [2.75, 3.05) is 11.9 Å². The second kappa shape index (κ2) is 13.3. The van der Waals surface area contributed by atoms with Crippen LogP contribution in [-0.4, -0.2) is 51.7 Å². The molecule has 8 aromatic rings. The SMILES string of the molecule is Cc1cccc(-c2nc3cc(C(C)(c4ccc5oc(-c6cccc(N7C(=O)c8ccc(Oc9ccc%10c(c9)C(=O)N(C)C%10=O)cc8C7=O)c6)nc5c4)C(F)(F)F)ccc3o2)c1. The van der Waals surface area contributed by atoms with E-state index >= 15 is 13.2 Å². The molecule has 0 N–H and O–H groups in total. The Bertz CT molecular complexity index is 3220. The predicted molar refractivity (Wildman–Crippen MR) is 217 cm³/mol. The van der Waals surface area contributed by atoms with Gasteiger partial charge >= 0.3 is 6.18 Å². The number of amides is 4. The summed E-state index contributed by atoms with van der Waals surface area (Å²) < 4.78 is 63.6. The quantitative estimate of drug-likeness (QED) is 0.144. The van der Waals surface area contributed by atoms with Crippen LogP contribution in [0, 0.1) is 6.92 Å². The van der Waals surface area contributed by atoms with Gasteiger partial charge in [0.15, 0.2) is 11.2 Å². The zero-order valence-corrected chi connectivity index (χ0v) is 32.3. The molecular weight excluding hydrogens is 790 g/mol. The maximum absolute atomic E-state index is 15.2. The highest BCUT2D eigenvalue weighted by atomic mass is 19.4. The summed E-state index contributed by atoms with van der Waals surface area (Å²) in [6.07, 6.45) is -4.74. The lowest BCUT2D eigenvalue weighted by Crippen LogP contribution is -2.40. The molecule has 0 spiro atoms. The summed E-state index contributed by atoms with van der Waals surface area (Å²) in [6.45, 7) is 3.03. The molecule has 0 bridgehead atoms. The molecule has 11 nitrogen and oxygen atoms in total. The largest absolute Gasteiger partial charge is 0.457 e. The minimum absolute atomic E-state index is 0.0440. The first kappa shape index (κ1) is 37.4. The van der Waals surface area contributed by atoms with Gasteiger partial charge in [0, 0.05) is 18.2 Å². The van der Waals surface area contributed by atoms with Crippen LogP contribution in [0.25, 0.3) is 45.1 Å². The zero-order chi connectivity index (χ0) is 42.5. The van der Waals surface area contributed by atoms with Crippen LogP contribution in [0.15, 0.2) is 130 Å². The number of aryl methyl sites for hydroxylation is 1. The van der Waals surface area contributed by atoms with Crippen LogP contribution in [0.5, 0.6) is 11.5 Å². The monoisotopic (exact) mass is 818 g/mol. The van der Waals surface area contributed by atoms with Crippen molar-refractivity contribution in [2.24, 2.45) is 0 Å². The van der Waals surface area contributed by atoms with E-state index < -0.39 is 35.2 Å². The lowest BCUT2D eigenvalue weighted by Gasteiger charge is -2.33. The number of carbonyl (C=O) groups is 4. The van der Waals surface area contributed by atoms with Crippen LogP contribution in [-0.2, 0) is 5.41 Å². The normalized spacial score (nSPS) is 14.9. The molecule has 14 heteroatoms. The highest BCUT2D eigenvalue weighted by Crippen LogP contribution is 2.48. The minimum atomic E-state index is -4.74. The molecule has 1 unspecified atom stereocenters. The Labute approximate surface area is 343 Å². The number of imide groups is 2. The third-order valence-electron chi connectivity index (χ3n) is 11.3. The van der Waals surface area contributed by atoms with E-state index in [1.54, 1.807) is 18.2 Å². The van der Waals surface area contributed by atoms with Crippen LogP contribution in [0.4, 0.5) is 18.9 Å². The summed E-state index contributed by atoms with van der Waals surface area (Å²) in [6, 6.07) is 31.1. The molecule has 0 fully saturated rings. The number of alkyl halides is 3. The molecule has 2 aromatic heterocycles. The highest BCUT2D eigenvalue weighted by Gasteiger charge is 2.54. The van der Waals surface area contributed by atoms with Crippen molar-refractivity contribution in [3.8, 4) is 34.4 Å². The molecule has 0 saturated carbocycles. The summed E-state index contributed by atoms with van der Waals surface area (Å²) in [5.41, 5.74) is 1.34. The van der Waals surface area contributed by atoms with Gasteiger partial charge in [0.05, 0.1) is 27.9 Å². The van der Waals surface area contributed by atoms with Crippen LogP contribution in [0.3, 0.4) is 0 Å². The number of oxazole rings is 2. The summed E-state index contributed by atoms with van der Waals surface area (Å²) in [5, 5.41) is 0. The second-order valence-corrected chi connectivity index (χ2v) is 15.1. The van der Waals surface area contributed by atoms with Gasteiger partial charge in [-0.05, 0) is 116 Å². The summed E-state index contributed by atoms with van der Waals surface area (Å²) in [4.78, 5) is 63.3. The van der Waals surface area contributed by atoms with Crippen LogP contribution in [0.2, 0.25) is 0 Å². The average Bonchev–Trinajstić information content (AvgIpc) is 3.99. The topological polar surface area (TPSA) is 136 Å². The van der Waals surface area contributed by atoms with Gasteiger partial charge in [-0.2, -0.15) is 13.2 Å². The van der Waals surface area contributed by atoms with E-state index in [0.717, 1.165) is 22.3 Å². The van der Waals surface area contributed by atoms with Crippen LogP contribution in [0.1, 0.15) is 65.0 Å². The third kappa shape index (κ3) is 5.89. The number of hydrogen-bond acceptors (Lipinski definition) is 9. The van der Waals surface area contributed by atoms with Gasteiger partial charge in [-0.25, -0.2) is 14.9 Å². The Hall–Kier alpha value is -7.87. The molecule has 0 saturated heterocycles. The molecule has 0 radical (unpaired) electrons. The highest BCUT2D eigenvalue weighted by molar-refractivity contribution is 6.34. The number of nitrogens with zero attached hydrogens (tertiary/aromatic N) is 4. The number of ether oxygens (including phenoxy) is 1. The average molecular weight is 819 g/mol. The summed E-state index contributed by atoms with van der Waals surface area (Å²) in [7, 11) is 1.39. The van der Waals surface area contributed by atoms with E-state index in [2.05, 4.69) is 9.97 Å². The lowest BCUT2D eigenvalue weighted by molar-refractivity contribution is -0.173. The second-order valence-electron chi connectivity index (χ2n) is 15.1. The van der Waals surface area contributed by atoms with E-state index in [4.69, 9.17) is 13.6 Å². The van der Waals surface area contributed by atoms with Crippen molar-refractivity contribution in [2.45, 2.75) is 25.4 Å². The first-order chi connectivity index (χ1) is 29.2. The van der Waals surface area contributed by atoms with Gasteiger partial charge in [-0.1, -0.05) is 35.9 Å². The van der Waals surface area contributed by atoms with Crippen molar-refractivity contribution in [3.05, 3.63) is 160 Å². The van der Waals surface area contributed by atoms with E-state index in [0.29, 0.717) is 22.6 Å². The number of benzene rings is 6. The molecular formula is C47H29F3N4O7. The summed E-state index contributed by atoms with van der Waals surface area (Å²) in [5.74, 6) is -1.25. The Morgan fingerprint density at radius 1 is 0.574 bits per heavy atom. The molecule has 6 aromatic carbocycles. The summed E-state index contributed by atoms with van der Waals surface area (Å²) >= 11 is 0. The van der Waals surface area contributed by atoms with Crippen molar-refractivity contribution in [1.82, 2.24) is 14.9 Å². The smallest absolute Gasteiger partial charge is 0.402 e. The van der Waals surface area contributed by atoms with Crippen molar-refractivity contribution >= 4 is 51.5 Å². The van der Waals surface area contributed by atoms with Gasteiger partial charge in [-0.3, -0.25) is 24.1 Å². The Kier molecular flexibility index (Phi) is 8.17. The van der Waals surface area contributed by atoms with E-state index in [1.165, 1.54) is 85.9 Å². The van der Waals surface area contributed by atoms with Gasteiger partial charge < -0.3 is 13.6 Å². The maximum Gasteiger partial charge on any atom is 0.402 e. The number of anilines is 1. The minimum Gasteiger partial charge on any atom is -0.457 e. The predicted octanol–water partition coefficient (Wildman–Crippen LogP) is 10.3. The fourth-order valence-corrected chi connectivity index (χ4v) is 7.83. The lowest BCUT2D eigenvalue weighted by atomic mass is 9.75. The molecule has 300 valence electrons.